The predicted octanol–water partition coefficient (Wildman–Crippen LogP) is 2.32. The van der Waals surface area contributed by atoms with Crippen molar-refractivity contribution in [2.45, 2.75) is 18.8 Å². The number of halogens is 1. The predicted molar refractivity (Wildman–Crippen MR) is 42.9 cm³/mol. The molecule has 0 saturated heterocycles. The maximum absolute atomic E-state index is 9.35. The molecule has 0 aliphatic heterocycles. The van der Waals surface area contributed by atoms with Crippen LogP contribution in [0.2, 0.25) is 5.02 Å². The first-order chi connectivity index (χ1) is 5.27. The van der Waals surface area contributed by atoms with Crippen LogP contribution in [0, 0.1) is 0 Å². The Morgan fingerprint density at radius 2 is 2.27 bits per heavy atom. The van der Waals surface area contributed by atoms with Gasteiger partial charge in [-0.3, -0.25) is 4.98 Å². The van der Waals surface area contributed by atoms with Gasteiger partial charge in [-0.2, -0.15) is 0 Å². The van der Waals surface area contributed by atoms with Crippen LogP contribution in [0.25, 0.3) is 0 Å². The second-order valence-corrected chi connectivity index (χ2v) is 3.27. The molecule has 11 heavy (non-hydrogen) atoms. The van der Waals surface area contributed by atoms with Crippen LogP contribution in [0.4, 0.5) is 0 Å². The number of hydrogen-bond donors (Lipinski definition) is 1. The molecule has 0 spiro atoms. The average molecular weight is 170 g/mol. The van der Waals surface area contributed by atoms with Crippen molar-refractivity contribution in [2.75, 3.05) is 0 Å². The van der Waals surface area contributed by atoms with Gasteiger partial charge in [0, 0.05) is 18.2 Å². The minimum absolute atomic E-state index is 0.236. The molecule has 0 atom stereocenters. The first-order valence-corrected chi connectivity index (χ1v) is 3.99. The zero-order chi connectivity index (χ0) is 7.84. The highest BCUT2D eigenvalue weighted by Gasteiger charge is 2.27. The third-order valence-corrected chi connectivity index (χ3v) is 2.03. The number of aromatic nitrogens is 1. The molecule has 0 radical (unpaired) electrons. The van der Waals surface area contributed by atoms with Gasteiger partial charge in [-0.15, -0.1) is 0 Å². The molecule has 1 heterocycles. The van der Waals surface area contributed by atoms with Crippen molar-refractivity contribution in [1.29, 1.82) is 0 Å². The monoisotopic (exact) mass is 169 g/mol. The van der Waals surface area contributed by atoms with Crippen molar-refractivity contribution in [3.8, 4) is 5.75 Å². The number of hydrogen-bond acceptors (Lipinski definition) is 2. The van der Waals surface area contributed by atoms with Gasteiger partial charge in [-0.05, 0) is 12.8 Å². The molecule has 1 saturated carbocycles. The molecule has 3 heteroatoms. The molecule has 1 aromatic rings. The van der Waals surface area contributed by atoms with E-state index in [1.165, 1.54) is 0 Å². The lowest BCUT2D eigenvalue weighted by Crippen LogP contribution is -1.85. The molecule has 2 nitrogen and oxygen atoms in total. The molecular formula is C8H8ClNO. The lowest BCUT2D eigenvalue weighted by Gasteiger charge is -1.99. The Bertz CT molecular complexity index is 283. The molecule has 1 aliphatic rings. The fourth-order valence-corrected chi connectivity index (χ4v) is 1.26. The van der Waals surface area contributed by atoms with E-state index in [4.69, 9.17) is 11.6 Å². The zero-order valence-electron chi connectivity index (χ0n) is 5.92. The third-order valence-electron chi connectivity index (χ3n) is 1.83. The SMILES string of the molecule is Oc1cc(Cl)cnc1C1CC1. The molecular weight excluding hydrogens is 162 g/mol. The van der Waals surface area contributed by atoms with Gasteiger partial charge in [0.05, 0.1) is 10.7 Å². The Hall–Kier alpha value is -0.760. The number of rotatable bonds is 1. The fraction of sp³-hybridized carbons (Fsp3) is 0.375. The van der Waals surface area contributed by atoms with E-state index in [0.29, 0.717) is 10.9 Å². The van der Waals surface area contributed by atoms with Gasteiger partial charge in [0.2, 0.25) is 0 Å². The van der Waals surface area contributed by atoms with Crippen molar-refractivity contribution in [1.82, 2.24) is 4.98 Å². The lowest BCUT2D eigenvalue weighted by molar-refractivity contribution is 0.464. The fourth-order valence-electron chi connectivity index (χ4n) is 1.11. The second kappa shape index (κ2) is 2.38. The first kappa shape index (κ1) is 6.92. The van der Waals surface area contributed by atoms with Gasteiger partial charge >= 0.3 is 0 Å². The summed E-state index contributed by atoms with van der Waals surface area (Å²) in [5.74, 6) is 0.715. The number of aromatic hydroxyl groups is 1. The van der Waals surface area contributed by atoms with Crippen LogP contribution < -0.4 is 0 Å². The average Bonchev–Trinajstić information content (AvgIpc) is 2.70. The quantitative estimate of drug-likeness (QED) is 0.700. The highest BCUT2D eigenvalue weighted by molar-refractivity contribution is 6.30. The molecule has 1 aromatic heterocycles. The molecule has 1 fully saturated rings. The molecule has 58 valence electrons. The Morgan fingerprint density at radius 3 is 2.82 bits per heavy atom. The van der Waals surface area contributed by atoms with Gasteiger partial charge < -0.3 is 5.11 Å². The Labute approximate surface area is 69.8 Å². The normalized spacial score (nSPS) is 16.8. The second-order valence-electron chi connectivity index (χ2n) is 2.83. The zero-order valence-corrected chi connectivity index (χ0v) is 6.67. The lowest BCUT2D eigenvalue weighted by atomic mass is 10.2. The molecule has 0 amide bonds. The van der Waals surface area contributed by atoms with Gasteiger partial charge in [0.15, 0.2) is 0 Å². The van der Waals surface area contributed by atoms with Crippen LogP contribution in [0.1, 0.15) is 24.5 Å². The van der Waals surface area contributed by atoms with E-state index >= 15 is 0 Å². The molecule has 0 aromatic carbocycles. The summed E-state index contributed by atoms with van der Waals surface area (Å²) in [5.41, 5.74) is 0.800. The largest absolute Gasteiger partial charge is 0.506 e. The maximum Gasteiger partial charge on any atom is 0.138 e. The number of pyridine rings is 1. The van der Waals surface area contributed by atoms with Gasteiger partial charge in [-0.25, -0.2) is 0 Å². The summed E-state index contributed by atoms with van der Waals surface area (Å²) in [6.07, 6.45) is 3.86. The standard InChI is InChI=1S/C8H8ClNO/c9-6-3-7(11)8(10-4-6)5-1-2-5/h3-5,11H,1-2H2. The van der Waals surface area contributed by atoms with E-state index in [-0.39, 0.29) is 5.75 Å². The van der Waals surface area contributed by atoms with Crippen LogP contribution in [-0.4, -0.2) is 10.1 Å². The highest BCUT2D eigenvalue weighted by atomic mass is 35.5. The van der Waals surface area contributed by atoms with Crippen molar-refractivity contribution in [3.05, 3.63) is 23.0 Å². The minimum Gasteiger partial charge on any atom is -0.506 e. The van der Waals surface area contributed by atoms with Crippen LogP contribution in [0.15, 0.2) is 12.3 Å². The summed E-state index contributed by atoms with van der Waals surface area (Å²) >= 11 is 5.62. The van der Waals surface area contributed by atoms with Crippen LogP contribution >= 0.6 is 11.6 Å². The number of nitrogens with zero attached hydrogens (tertiary/aromatic N) is 1. The first-order valence-electron chi connectivity index (χ1n) is 3.62. The molecule has 2 rings (SSSR count). The topological polar surface area (TPSA) is 33.1 Å². The summed E-state index contributed by atoms with van der Waals surface area (Å²) in [6.45, 7) is 0. The van der Waals surface area contributed by atoms with E-state index < -0.39 is 0 Å². The van der Waals surface area contributed by atoms with E-state index in [1.54, 1.807) is 12.3 Å². The van der Waals surface area contributed by atoms with E-state index in [1.807, 2.05) is 0 Å². The van der Waals surface area contributed by atoms with E-state index in [2.05, 4.69) is 4.98 Å². The smallest absolute Gasteiger partial charge is 0.138 e. The summed E-state index contributed by atoms with van der Waals surface area (Å²) in [7, 11) is 0. The maximum atomic E-state index is 9.35. The Balaban J connectivity index is 2.39. The van der Waals surface area contributed by atoms with E-state index in [0.717, 1.165) is 18.5 Å². The van der Waals surface area contributed by atoms with Crippen LogP contribution in [0.5, 0.6) is 5.75 Å². The van der Waals surface area contributed by atoms with Crippen molar-refractivity contribution in [3.63, 3.8) is 0 Å². The van der Waals surface area contributed by atoms with Crippen molar-refractivity contribution in [2.24, 2.45) is 0 Å². The minimum atomic E-state index is 0.236. The van der Waals surface area contributed by atoms with Crippen LogP contribution in [0.3, 0.4) is 0 Å². The third kappa shape index (κ3) is 1.31. The highest BCUT2D eigenvalue weighted by Crippen LogP contribution is 2.42. The van der Waals surface area contributed by atoms with Gasteiger partial charge in [0.1, 0.15) is 5.75 Å². The molecule has 0 unspecified atom stereocenters. The summed E-state index contributed by atoms with van der Waals surface area (Å²) in [5, 5.41) is 9.85. The van der Waals surface area contributed by atoms with Gasteiger partial charge in [0.25, 0.3) is 0 Å². The molecule has 1 N–H and O–H groups in total. The summed E-state index contributed by atoms with van der Waals surface area (Å²) < 4.78 is 0. The van der Waals surface area contributed by atoms with E-state index in [9.17, 15) is 5.11 Å². The summed E-state index contributed by atoms with van der Waals surface area (Å²) in [4.78, 5) is 4.06. The summed E-state index contributed by atoms with van der Waals surface area (Å²) in [6, 6.07) is 1.54. The van der Waals surface area contributed by atoms with Crippen molar-refractivity contribution < 1.29 is 5.11 Å². The molecule has 0 bridgehead atoms. The Morgan fingerprint density at radius 1 is 1.55 bits per heavy atom. The molecule has 1 aliphatic carbocycles. The Kier molecular flexibility index (Phi) is 1.50. The van der Waals surface area contributed by atoms with Crippen LogP contribution in [-0.2, 0) is 0 Å². The van der Waals surface area contributed by atoms with Crippen molar-refractivity contribution >= 4 is 11.6 Å². The van der Waals surface area contributed by atoms with Gasteiger partial charge in [-0.1, -0.05) is 11.6 Å².